The maximum atomic E-state index is 13.4. The van der Waals surface area contributed by atoms with Gasteiger partial charge in [-0.1, -0.05) is 71.9 Å². The van der Waals surface area contributed by atoms with E-state index in [0.717, 1.165) is 5.56 Å². The number of ether oxygens (including phenoxy) is 1. The lowest BCUT2D eigenvalue weighted by molar-refractivity contribution is -0.133. The molecule has 208 valence electrons. The van der Waals surface area contributed by atoms with Crippen molar-refractivity contribution in [3.8, 4) is 0 Å². The number of carbonyl (C=O) groups is 4. The minimum atomic E-state index is -0.851. The van der Waals surface area contributed by atoms with Crippen molar-refractivity contribution in [1.29, 1.82) is 0 Å². The molecule has 0 bridgehead atoms. The van der Waals surface area contributed by atoms with Gasteiger partial charge in [-0.05, 0) is 48.7 Å². The minimum absolute atomic E-state index is 0.0701. The summed E-state index contributed by atoms with van der Waals surface area (Å²) in [5.74, 6) is -0.276. The summed E-state index contributed by atoms with van der Waals surface area (Å²) in [6, 6.07) is 7.12. The van der Waals surface area contributed by atoms with Crippen LogP contribution in [-0.2, 0) is 25.5 Å². The van der Waals surface area contributed by atoms with Crippen LogP contribution in [0.1, 0.15) is 59.9 Å². The summed E-state index contributed by atoms with van der Waals surface area (Å²) in [5.41, 5.74) is 0.937. The van der Waals surface area contributed by atoms with E-state index in [4.69, 9.17) is 4.74 Å². The summed E-state index contributed by atoms with van der Waals surface area (Å²) < 4.78 is 5.19. The van der Waals surface area contributed by atoms with Gasteiger partial charge in [-0.3, -0.25) is 14.4 Å². The summed E-state index contributed by atoms with van der Waals surface area (Å²) >= 11 is 1.55. The van der Waals surface area contributed by atoms with E-state index in [1.54, 1.807) is 25.6 Å². The Morgan fingerprint density at radius 1 is 0.811 bits per heavy atom. The summed E-state index contributed by atoms with van der Waals surface area (Å²) in [4.78, 5) is 51.8. The Kier molecular flexibility index (Phi) is 15.0. The molecule has 0 spiro atoms. The molecular formula is C28H45N3O5S. The van der Waals surface area contributed by atoms with Crippen LogP contribution in [0.25, 0.3) is 0 Å². The molecule has 3 atom stereocenters. The number of ketones is 1. The highest BCUT2D eigenvalue weighted by Gasteiger charge is 2.31. The number of Topliss-reactive ketones (excluding diaryl/α,β-unsaturated/α-hetero) is 1. The molecule has 1 aromatic carbocycles. The third-order valence-corrected chi connectivity index (χ3v) is 6.26. The van der Waals surface area contributed by atoms with E-state index in [2.05, 4.69) is 16.0 Å². The topological polar surface area (TPSA) is 114 Å². The second-order valence-electron chi connectivity index (χ2n) is 10.5. The van der Waals surface area contributed by atoms with Gasteiger partial charge in [0.05, 0.1) is 12.6 Å². The maximum Gasteiger partial charge on any atom is 0.407 e. The van der Waals surface area contributed by atoms with Crippen LogP contribution < -0.4 is 16.0 Å². The van der Waals surface area contributed by atoms with Crippen LogP contribution in [0.15, 0.2) is 30.3 Å². The highest BCUT2D eigenvalue weighted by Crippen LogP contribution is 2.12. The van der Waals surface area contributed by atoms with Gasteiger partial charge in [-0.25, -0.2) is 4.79 Å². The van der Waals surface area contributed by atoms with Crippen molar-refractivity contribution in [3.63, 3.8) is 0 Å². The molecule has 0 unspecified atom stereocenters. The van der Waals surface area contributed by atoms with Crippen molar-refractivity contribution in [2.24, 2.45) is 17.8 Å². The SMILES string of the molecule is CSCC[C@@H](NC(=O)OCC(C)C)C(=O)N[C@H](CC(C)C)C(=O)N[C@H](Cc1ccccc1)C(=O)C(C)C. The quantitative estimate of drug-likeness (QED) is 0.295. The predicted octanol–water partition coefficient (Wildman–Crippen LogP) is 3.97. The Bertz CT molecular complexity index is 861. The number of nitrogens with one attached hydrogen (secondary N) is 3. The summed E-state index contributed by atoms with van der Waals surface area (Å²) in [5, 5.41) is 8.36. The number of amides is 3. The van der Waals surface area contributed by atoms with Crippen LogP contribution >= 0.6 is 11.8 Å². The summed E-state index contributed by atoms with van der Waals surface area (Å²) in [6.07, 6.45) is 2.40. The smallest absolute Gasteiger partial charge is 0.407 e. The molecule has 0 aliphatic heterocycles. The molecule has 8 nitrogen and oxygen atoms in total. The molecule has 3 N–H and O–H groups in total. The Morgan fingerprint density at radius 3 is 1.95 bits per heavy atom. The lowest BCUT2D eigenvalue weighted by atomic mass is 9.94. The maximum absolute atomic E-state index is 13.4. The van der Waals surface area contributed by atoms with E-state index < -0.39 is 36.0 Å². The molecule has 0 radical (unpaired) electrons. The highest BCUT2D eigenvalue weighted by atomic mass is 32.2. The van der Waals surface area contributed by atoms with Crippen molar-refractivity contribution >= 4 is 35.5 Å². The van der Waals surface area contributed by atoms with Crippen LogP contribution in [0.2, 0.25) is 0 Å². The van der Waals surface area contributed by atoms with Crippen LogP contribution in [-0.4, -0.2) is 60.4 Å². The predicted molar refractivity (Wildman–Crippen MR) is 149 cm³/mol. The number of carbonyl (C=O) groups excluding carboxylic acids is 4. The molecule has 1 rings (SSSR count). The second kappa shape index (κ2) is 17.1. The highest BCUT2D eigenvalue weighted by molar-refractivity contribution is 7.98. The molecule has 0 aromatic heterocycles. The first kappa shape index (κ1) is 32.5. The molecule has 9 heteroatoms. The zero-order valence-electron chi connectivity index (χ0n) is 23.3. The van der Waals surface area contributed by atoms with Gasteiger partial charge in [-0.2, -0.15) is 11.8 Å². The molecule has 3 amide bonds. The first-order chi connectivity index (χ1) is 17.4. The Balaban J connectivity index is 3.02. The molecular weight excluding hydrogens is 490 g/mol. The molecule has 1 aromatic rings. The average molecular weight is 536 g/mol. The minimum Gasteiger partial charge on any atom is -0.449 e. The molecule has 0 aliphatic carbocycles. The molecule has 0 fully saturated rings. The summed E-state index contributed by atoms with van der Waals surface area (Å²) in [7, 11) is 0. The van der Waals surface area contributed by atoms with Gasteiger partial charge in [0.2, 0.25) is 11.8 Å². The zero-order chi connectivity index (χ0) is 28.0. The lowest BCUT2D eigenvalue weighted by Crippen LogP contribution is -2.56. The van der Waals surface area contributed by atoms with E-state index in [0.29, 0.717) is 25.0 Å². The van der Waals surface area contributed by atoms with Crippen LogP contribution in [0, 0.1) is 17.8 Å². The number of benzene rings is 1. The van der Waals surface area contributed by atoms with Crippen molar-refractivity contribution in [2.75, 3.05) is 18.6 Å². The molecule has 0 saturated carbocycles. The lowest BCUT2D eigenvalue weighted by Gasteiger charge is -2.27. The fraction of sp³-hybridized carbons (Fsp3) is 0.643. The standard InChI is InChI=1S/C28H45N3O5S/c1-18(2)15-24(30-26(33)22(13-14-37-7)31-28(35)36-17-19(3)4)27(34)29-23(25(32)20(5)6)16-21-11-9-8-10-12-21/h8-12,18-20,22-24H,13-17H2,1-7H3,(H,29,34)(H,30,33)(H,31,35)/t22-,23-,24-/m1/s1. The van der Waals surface area contributed by atoms with Gasteiger partial charge >= 0.3 is 6.09 Å². The van der Waals surface area contributed by atoms with Gasteiger partial charge in [0.25, 0.3) is 0 Å². The van der Waals surface area contributed by atoms with Crippen LogP contribution in [0.3, 0.4) is 0 Å². The number of thioether (sulfide) groups is 1. The average Bonchev–Trinajstić information content (AvgIpc) is 2.84. The van der Waals surface area contributed by atoms with Crippen molar-refractivity contribution in [1.82, 2.24) is 16.0 Å². The first-order valence-electron chi connectivity index (χ1n) is 13.0. The Labute approximate surface area is 226 Å². The Hall–Kier alpha value is -2.55. The van der Waals surface area contributed by atoms with Gasteiger partial charge in [0.1, 0.15) is 12.1 Å². The number of rotatable bonds is 16. The number of hydrogen-bond acceptors (Lipinski definition) is 6. The first-order valence-corrected chi connectivity index (χ1v) is 14.4. The third-order valence-electron chi connectivity index (χ3n) is 5.62. The van der Waals surface area contributed by atoms with Crippen LogP contribution in [0.5, 0.6) is 0 Å². The number of alkyl carbamates (subject to hydrolysis) is 1. The molecule has 0 aliphatic rings. The third kappa shape index (κ3) is 13.0. The van der Waals surface area contributed by atoms with E-state index in [1.807, 2.05) is 64.3 Å². The van der Waals surface area contributed by atoms with E-state index >= 15 is 0 Å². The fourth-order valence-electron chi connectivity index (χ4n) is 3.65. The van der Waals surface area contributed by atoms with Crippen molar-refractivity contribution in [2.45, 2.75) is 78.9 Å². The number of hydrogen-bond donors (Lipinski definition) is 3. The van der Waals surface area contributed by atoms with Crippen molar-refractivity contribution < 1.29 is 23.9 Å². The van der Waals surface area contributed by atoms with Gasteiger partial charge in [0.15, 0.2) is 5.78 Å². The van der Waals surface area contributed by atoms with Gasteiger partial charge in [0, 0.05) is 5.92 Å². The van der Waals surface area contributed by atoms with E-state index in [9.17, 15) is 19.2 Å². The largest absolute Gasteiger partial charge is 0.449 e. The normalized spacial score (nSPS) is 13.7. The van der Waals surface area contributed by atoms with Crippen LogP contribution in [0.4, 0.5) is 4.79 Å². The summed E-state index contributed by atoms with van der Waals surface area (Å²) in [6.45, 7) is 11.6. The molecule has 0 heterocycles. The van der Waals surface area contributed by atoms with Gasteiger partial charge in [-0.15, -0.1) is 0 Å². The van der Waals surface area contributed by atoms with Crippen molar-refractivity contribution in [3.05, 3.63) is 35.9 Å². The molecule has 37 heavy (non-hydrogen) atoms. The monoisotopic (exact) mass is 535 g/mol. The van der Waals surface area contributed by atoms with Gasteiger partial charge < -0.3 is 20.7 Å². The fourth-order valence-corrected chi connectivity index (χ4v) is 4.12. The zero-order valence-corrected chi connectivity index (χ0v) is 24.2. The van der Waals surface area contributed by atoms with E-state index in [-0.39, 0.29) is 30.1 Å². The second-order valence-corrected chi connectivity index (χ2v) is 11.5. The molecule has 0 saturated heterocycles. The Morgan fingerprint density at radius 2 is 1.41 bits per heavy atom. The van der Waals surface area contributed by atoms with E-state index in [1.165, 1.54) is 0 Å².